The van der Waals surface area contributed by atoms with E-state index in [1.54, 1.807) is 13.0 Å². The molecule has 0 spiro atoms. The van der Waals surface area contributed by atoms with Crippen LogP contribution in [-0.4, -0.2) is 29.9 Å². The van der Waals surface area contributed by atoms with Crippen LogP contribution in [0.1, 0.15) is 54.5 Å². The van der Waals surface area contributed by atoms with E-state index in [9.17, 15) is 14.4 Å². The highest BCUT2D eigenvalue weighted by Gasteiger charge is 2.37. The highest BCUT2D eigenvalue weighted by Crippen LogP contribution is 2.29. The van der Waals surface area contributed by atoms with Crippen LogP contribution in [-0.2, 0) is 27.3 Å². The maximum absolute atomic E-state index is 12.3. The number of amides is 2. The van der Waals surface area contributed by atoms with Gasteiger partial charge in [0, 0.05) is 18.4 Å². The molecule has 1 atom stereocenters. The molecule has 2 aromatic rings. The van der Waals surface area contributed by atoms with Gasteiger partial charge in [-0.2, -0.15) is 0 Å². The van der Waals surface area contributed by atoms with Crippen LogP contribution in [0.4, 0.5) is 0 Å². The molecule has 0 aliphatic carbocycles. The molecule has 2 amide bonds. The average molecular weight is 398 g/mol. The van der Waals surface area contributed by atoms with Gasteiger partial charge in [-0.25, -0.2) is 4.79 Å². The number of nitrogens with one attached hydrogen (secondary N) is 2. The number of hydrogen-bond donors (Lipinski definition) is 2. The molecule has 0 bridgehead atoms. The zero-order valence-corrected chi connectivity index (χ0v) is 16.5. The third-order valence-corrected chi connectivity index (χ3v) is 5.05. The molecule has 1 aromatic heterocycles. The van der Waals surface area contributed by atoms with Gasteiger partial charge in [0.15, 0.2) is 0 Å². The highest BCUT2D eigenvalue weighted by molar-refractivity contribution is 5.86. The first-order valence-electron chi connectivity index (χ1n) is 9.87. The van der Waals surface area contributed by atoms with Gasteiger partial charge >= 0.3 is 5.97 Å². The minimum Gasteiger partial charge on any atom is -0.460 e. The fourth-order valence-corrected chi connectivity index (χ4v) is 3.58. The van der Waals surface area contributed by atoms with Gasteiger partial charge < -0.3 is 19.8 Å². The lowest BCUT2D eigenvalue weighted by Crippen LogP contribution is -2.44. The van der Waals surface area contributed by atoms with Crippen molar-refractivity contribution in [3.05, 3.63) is 59.5 Å². The first kappa shape index (κ1) is 20.6. The van der Waals surface area contributed by atoms with Crippen LogP contribution in [0.25, 0.3) is 0 Å². The summed E-state index contributed by atoms with van der Waals surface area (Å²) in [5.74, 6) is -0.0258. The Morgan fingerprint density at radius 2 is 2.00 bits per heavy atom. The maximum Gasteiger partial charge on any atom is 0.374 e. The Morgan fingerprint density at radius 1 is 1.21 bits per heavy atom. The first-order chi connectivity index (χ1) is 14.0. The Morgan fingerprint density at radius 3 is 2.69 bits per heavy atom. The summed E-state index contributed by atoms with van der Waals surface area (Å²) in [6.07, 6.45) is 2.75. The van der Waals surface area contributed by atoms with E-state index < -0.39 is 11.5 Å². The van der Waals surface area contributed by atoms with E-state index in [1.165, 1.54) is 6.07 Å². The lowest BCUT2D eigenvalue weighted by atomic mass is 9.85. The summed E-state index contributed by atoms with van der Waals surface area (Å²) in [7, 11) is 0. The minimum absolute atomic E-state index is 0.0309. The molecule has 2 N–H and O–H groups in total. The highest BCUT2D eigenvalue weighted by atomic mass is 16.5. The summed E-state index contributed by atoms with van der Waals surface area (Å²) in [5.41, 5.74) is 0.745. The summed E-state index contributed by atoms with van der Waals surface area (Å²) in [6.45, 7) is 2.18. The number of esters is 1. The van der Waals surface area contributed by atoms with Gasteiger partial charge in [-0.1, -0.05) is 30.3 Å². The second kappa shape index (κ2) is 9.41. The van der Waals surface area contributed by atoms with Crippen LogP contribution < -0.4 is 10.6 Å². The fraction of sp³-hybridized carbons (Fsp3) is 0.409. The van der Waals surface area contributed by atoms with Crippen LogP contribution in [0.2, 0.25) is 0 Å². The van der Waals surface area contributed by atoms with Gasteiger partial charge in [0.05, 0.1) is 13.2 Å². The van der Waals surface area contributed by atoms with Crippen molar-refractivity contribution in [2.24, 2.45) is 0 Å². The van der Waals surface area contributed by atoms with Gasteiger partial charge in [-0.15, -0.1) is 0 Å². The average Bonchev–Trinajstić information content (AvgIpc) is 3.33. The summed E-state index contributed by atoms with van der Waals surface area (Å²) in [5, 5.41) is 5.89. The zero-order valence-electron chi connectivity index (χ0n) is 16.5. The number of carbonyl (C=O) groups excluding carboxylic acids is 3. The Balaban J connectivity index is 1.51. The Kier molecular flexibility index (Phi) is 6.69. The molecule has 1 aromatic carbocycles. The van der Waals surface area contributed by atoms with E-state index in [0.29, 0.717) is 31.4 Å². The smallest absolute Gasteiger partial charge is 0.374 e. The predicted octanol–water partition coefficient (Wildman–Crippen LogP) is 2.74. The molecule has 0 saturated carbocycles. The van der Waals surface area contributed by atoms with Crippen molar-refractivity contribution in [2.75, 3.05) is 6.61 Å². The van der Waals surface area contributed by atoms with E-state index in [2.05, 4.69) is 10.6 Å². The van der Waals surface area contributed by atoms with Crippen LogP contribution >= 0.6 is 0 Å². The zero-order chi connectivity index (χ0) is 20.7. The molecule has 0 radical (unpaired) electrons. The van der Waals surface area contributed by atoms with Crippen LogP contribution in [0.3, 0.4) is 0 Å². The summed E-state index contributed by atoms with van der Waals surface area (Å²) >= 11 is 0. The topological polar surface area (TPSA) is 97.6 Å². The van der Waals surface area contributed by atoms with E-state index in [-0.39, 0.29) is 30.7 Å². The summed E-state index contributed by atoms with van der Waals surface area (Å²) < 4.78 is 10.3. The Bertz CT molecular complexity index is 861. The molecule has 2 heterocycles. The number of furan rings is 1. The van der Waals surface area contributed by atoms with Crippen molar-refractivity contribution < 1.29 is 23.5 Å². The van der Waals surface area contributed by atoms with E-state index >= 15 is 0 Å². The SMILES string of the molecule is CCOC(=O)c1ccc(CNC(=O)CCC2(Cc3ccccc3)CCC(=O)N2)o1. The van der Waals surface area contributed by atoms with Gasteiger partial charge in [0.1, 0.15) is 5.76 Å². The molecule has 1 fully saturated rings. The monoisotopic (exact) mass is 398 g/mol. The molecule has 154 valence electrons. The second-order valence-electron chi connectivity index (χ2n) is 7.25. The summed E-state index contributed by atoms with van der Waals surface area (Å²) in [4.78, 5) is 35.8. The van der Waals surface area contributed by atoms with Crippen molar-refractivity contribution in [2.45, 2.75) is 51.1 Å². The molecule has 1 aliphatic rings. The third kappa shape index (κ3) is 5.70. The van der Waals surface area contributed by atoms with Crippen molar-refractivity contribution in [1.82, 2.24) is 10.6 Å². The lowest BCUT2D eigenvalue weighted by molar-refractivity contribution is -0.123. The summed E-state index contributed by atoms with van der Waals surface area (Å²) in [6, 6.07) is 13.1. The fourth-order valence-electron chi connectivity index (χ4n) is 3.58. The predicted molar refractivity (Wildman–Crippen MR) is 106 cm³/mol. The largest absolute Gasteiger partial charge is 0.460 e. The molecule has 7 nitrogen and oxygen atoms in total. The molecular formula is C22H26N2O5. The van der Waals surface area contributed by atoms with E-state index in [4.69, 9.17) is 9.15 Å². The molecule has 1 unspecified atom stereocenters. The standard InChI is InChI=1S/C22H26N2O5/c1-2-28-21(27)18-9-8-17(29-18)15-23-19(25)10-12-22(13-11-20(26)24-22)14-16-6-4-3-5-7-16/h3-9H,2,10-15H2,1H3,(H,23,25)(H,24,26). The molecule has 1 saturated heterocycles. The molecule has 29 heavy (non-hydrogen) atoms. The van der Waals surface area contributed by atoms with Crippen molar-refractivity contribution in [3.8, 4) is 0 Å². The minimum atomic E-state index is -0.523. The van der Waals surface area contributed by atoms with Gasteiger partial charge in [-0.05, 0) is 43.9 Å². The van der Waals surface area contributed by atoms with Gasteiger partial charge in [0.2, 0.25) is 17.6 Å². The number of ether oxygens (including phenoxy) is 1. The van der Waals surface area contributed by atoms with Crippen LogP contribution in [0.5, 0.6) is 0 Å². The Hall–Kier alpha value is -3.09. The molecule has 7 heteroatoms. The number of hydrogen-bond acceptors (Lipinski definition) is 5. The van der Waals surface area contributed by atoms with Crippen molar-refractivity contribution in [3.63, 3.8) is 0 Å². The van der Waals surface area contributed by atoms with Crippen LogP contribution in [0, 0.1) is 0 Å². The van der Waals surface area contributed by atoms with Crippen molar-refractivity contribution >= 4 is 17.8 Å². The van der Waals surface area contributed by atoms with Crippen LogP contribution in [0.15, 0.2) is 46.9 Å². The molecule has 1 aliphatic heterocycles. The van der Waals surface area contributed by atoms with E-state index in [0.717, 1.165) is 12.0 Å². The third-order valence-electron chi connectivity index (χ3n) is 5.05. The second-order valence-corrected chi connectivity index (χ2v) is 7.25. The normalized spacial score (nSPS) is 18.3. The molecular weight excluding hydrogens is 372 g/mol. The van der Waals surface area contributed by atoms with Gasteiger partial charge in [-0.3, -0.25) is 9.59 Å². The van der Waals surface area contributed by atoms with Gasteiger partial charge in [0.25, 0.3) is 0 Å². The number of carbonyl (C=O) groups is 3. The first-order valence-corrected chi connectivity index (χ1v) is 9.87. The maximum atomic E-state index is 12.3. The Labute approximate surface area is 169 Å². The molecule has 3 rings (SSSR count). The van der Waals surface area contributed by atoms with E-state index in [1.807, 2.05) is 30.3 Å². The number of benzene rings is 1. The lowest BCUT2D eigenvalue weighted by Gasteiger charge is -2.29. The number of rotatable bonds is 9. The van der Waals surface area contributed by atoms with Crippen molar-refractivity contribution in [1.29, 1.82) is 0 Å². The quantitative estimate of drug-likeness (QED) is 0.633.